The minimum absolute atomic E-state index is 0.0943. The van der Waals surface area contributed by atoms with Crippen LogP contribution < -0.4 is 5.32 Å². The van der Waals surface area contributed by atoms with Crippen molar-refractivity contribution in [2.45, 2.75) is 70.1 Å². The molecule has 5 nitrogen and oxygen atoms in total. The summed E-state index contributed by atoms with van der Waals surface area (Å²) in [4.78, 5) is 29.6. The van der Waals surface area contributed by atoms with E-state index in [1.165, 1.54) is 12.8 Å². The predicted molar refractivity (Wildman–Crippen MR) is 139 cm³/mol. The van der Waals surface area contributed by atoms with Gasteiger partial charge in [-0.05, 0) is 49.1 Å². The van der Waals surface area contributed by atoms with E-state index in [2.05, 4.69) is 5.32 Å². The number of nitrogens with one attached hydrogen (secondary N) is 1. The quantitative estimate of drug-likeness (QED) is 0.443. The summed E-state index contributed by atoms with van der Waals surface area (Å²) in [6.45, 7) is 2.55. The third kappa shape index (κ3) is 4.62. The summed E-state index contributed by atoms with van der Waals surface area (Å²) in [5, 5.41) is 3.92. The van der Waals surface area contributed by atoms with Gasteiger partial charge in [0.1, 0.15) is 11.2 Å². The Morgan fingerprint density at radius 3 is 2.31 bits per heavy atom. The lowest BCUT2D eigenvalue weighted by Crippen LogP contribution is -2.64. The average molecular weight is 490 g/mol. The van der Waals surface area contributed by atoms with Gasteiger partial charge >= 0.3 is 0 Å². The second-order valence-electron chi connectivity index (χ2n) is 9.97. The Labute approximate surface area is 212 Å². The molecule has 3 aromatic rings. The van der Waals surface area contributed by atoms with Crippen molar-refractivity contribution in [3.63, 3.8) is 0 Å². The molecular weight excluding hydrogens is 458 g/mol. The standard InChI is InChI=1S/C29H32ClN3O2/c1-29(28(35)31-23-14-7-2-3-8-15-23)20-32-25(21-11-5-4-6-12-21)17-18-26(32)27(34)33(29)19-22-13-9-10-16-24(22)30/h4-6,9-13,16-18,23H,2-3,7-8,14-15,19-20H2,1H3,(H,31,35)/t29-/m0/s1. The molecule has 0 bridgehead atoms. The number of hydrogen-bond donors (Lipinski definition) is 1. The number of fused-ring (bicyclic) bond motifs is 1. The van der Waals surface area contributed by atoms with Gasteiger partial charge in [-0.25, -0.2) is 0 Å². The molecule has 1 aliphatic heterocycles. The van der Waals surface area contributed by atoms with Gasteiger partial charge in [-0.1, -0.05) is 85.8 Å². The fourth-order valence-corrected chi connectivity index (χ4v) is 5.64. The summed E-state index contributed by atoms with van der Waals surface area (Å²) in [6, 6.07) is 21.5. The summed E-state index contributed by atoms with van der Waals surface area (Å²) < 4.78 is 2.01. The van der Waals surface area contributed by atoms with Gasteiger partial charge in [-0.3, -0.25) is 9.59 Å². The van der Waals surface area contributed by atoms with Crippen LogP contribution in [0.2, 0.25) is 5.02 Å². The number of halogens is 1. The van der Waals surface area contributed by atoms with Crippen LogP contribution in [-0.4, -0.2) is 32.9 Å². The first kappa shape index (κ1) is 23.7. The highest BCUT2D eigenvalue weighted by Gasteiger charge is 2.48. The molecule has 1 atom stereocenters. The van der Waals surface area contributed by atoms with Crippen molar-refractivity contribution >= 4 is 23.4 Å². The van der Waals surface area contributed by atoms with Crippen LogP contribution in [0.1, 0.15) is 61.5 Å². The lowest BCUT2D eigenvalue weighted by molar-refractivity contribution is -0.134. The van der Waals surface area contributed by atoms with Crippen LogP contribution in [0.15, 0.2) is 66.7 Å². The Kier molecular flexibility index (Phi) is 6.70. The molecule has 35 heavy (non-hydrogen) atoms. The number of carbonyl (C=O) groups is 2. The van der Waals surface area contributed by atoms with Gasteiger partial charge in [0.2, 0.25) is 5.91 Å². The average Bonchev–Trinajstić information content (AvgIpc) is 3.11. The lowest BCUT2D eigenvalue weighted by Gasteiger charge is -2.45. The fourth-order valence-electron chi connectivity index (χ4n) is 5.44. The number of carbonyl (C=O) groups excluding carboxylic acids is 2. The maximum absolute atomic E-state index is 14.0. The van der Waals surface area contributed by atoms with Crippen LogP contribution >= 0.6 is 11.6 Å². The van der Waals surface area contributed by atoms with Gasteiger partial charge in [0.05, 0.1) is 6.54 Å². The maximum atomic E-state index is 14.0. The van der Waals surface area contributed by atoms with Crippen molar-refractivity contribution in [1.82, 2.24) is 14.8 Å². The van der Waals surface area contributed by atoms with Crippen LogP contribution in [0, 0.1) is 0 Å². The largest absolute Gasteiger partial charge is 0.351 e. The number of hydrogen-bond acceptors (Lipinski definition) is 2. The highest BCUT2D eigenvalue weighted by atomic mass is 35.5. The smallest absolute Gasteiger partial charge is 0.271 e. The fraction of sp³-hybridized carbons (Fsp3) is 0.379. The zero-order chi connectivity index (χ0) is 24.4. The van der Waals surface area contributed by atoms with Gasteiger partial charge in [0.15, 0.2) is 0 Å². The van der Waals surface area contributed by atoms with E-state index >= 15 is 0 Å². The van der Waals surface area contributed by atoms with Gasteiger partial charge in [-0.2, -0.15) is 0 Å². The van der Waals surface area contributed by atoms with Crippen molar-refractivity contribution in [3.05, 3.63) is 83.0 Å². The highest BCUT2D eigenvalue weighted by Crippen LogP contribution is 2.35. The van der Waals surface area contributed by atoms with E-state index in [0.717, 1.165) is 42.5 Å². The third-order valence-corrected chi connectivity index (χ3v) is 7.91. The summed E-state index contributed by atoms with van der Waals surface area (Å²) in [5.41, 5.74) is 2.34. The Morgan fingerprint density at radius 1 is 0.943 bits per heavy atom. The summed E-state index contributed by atoms with van der Waals surface area (Å²) in [6.07, 6.45) is 6.67. The zero-order valence-electron chi connectivity index (χ0n) is 20.2. The Balaban J connectivity index is 1.54. The third-order valence-electron chi connectivity index (χ3n) is 7.54. The Hall–Kier alpha value is -3.05. The molecule has 1 saturated carbocycles. The molecule has 182 valence electrons. The van der Waals surface area contributed by atoms with Crippen LogP contribution in [0.4, 0.5) is 0 Å². The van der Waals surface area contributed by atoms with E-state index in [4.69, 9.17) is 11.6 Å². The van der Waals surface area contributed by atoms with Gasteiger partial charge in [0, 0.05) is 23.3 Å². The van der Waals surface area contributed by atoms with Crippen molar-refractivity contribution in [1.29, 1.82) is 0 Å². The summed E-state index contributed by atoms with van der Waals surface area (Å²) in [5.74, 6) is -0.250. The number of benzene rings is 2. The highest BCUT2D eigenvalue weighted by molar-refractivity contribution is 6.31. The minimum Gasteiger partial charge on any atom is -0.351 e. The SMILES string of the molecule is C[C@@]1(C(=O)NC2CCCCCC2)Cn2c(ccc2-c2ccccc2)C(=O)N1Cc1ccccc1Cl. The minimum atomic E-state index is -1.06. The van der Waals surface area contributed by atoms with Crippen LogP contribution in [0.25, 0.3) is 11.3 Å². The second kappa shape index (κ2) is 9.90. The molecule has 1 aromatic heterocycles. The Bertz CT molecular complexity index is 1210. The van der Waals surface area contributed by atoms with Crippen LogP contribution in [0.3, 0.4) is 0 Å². The molecule has 2 amide bonds. The molecule has 0 saturated heterocycles. The monoisotopic (exact) mass is 489 g/mol. The first-order valence-electron chi connectivity index (χ1n) is 12.6. The Morgan fingerprint density at radius 2 is 1.60 bits per heavy atom. The molecule has 1 N–H and O–H groups in total. The molecule has 0 unspecified atom stereocenters. The number of nitrogens with zero attached hydrogens (tertiary/aromatic N) is 2. The van der Waals surface area contributed by atoms with E-state index in [1.54, 1.807) is 4.90 Å². The van der Waals surface area contributed by atoms with Gasteiger partial charge in [0.25, 0.3) is 5.91 Å². The predicted octanol–water partition coefficient (Wildman–Crippen LogP) is 6.06. The van der Waals surface area contributed by atoms with Crippen LogP contribution in [0.5, 0.6) is 0 Å². The lowest BCUT2D eigenvalue weighted by atomic mass is 9.92. The summed E-state index contributed by atoms with van der Waals surface area (Å²) in [7, 11) is 0. The van der Waals surface area contributed by atoms with E-state index < -0.39 is 5.54 Å². The molecule has 0 spiro atoms. The molecule has 1 aliphatic carbocycles. The molecule has 5 rings (SSSR count). The molecule has 2 aliphatic rings. The second-order valence-corrected chi connectivity index (χ2v) is 10.4. The normalized spacial score (nSPS) is 20.9. The summed E-state index contributed by atoms with van der Waals surface area (Å²) >= 11 is 6.48. The van der Waals surface area contributed by atoms with E-state index in [0.29, 0.717) is 17.3 Å². The first-order valence-corrected chi connectivity index (χ1v) is 13.0. The molecule has 0 radical (unpaired) electrons. The van der Waals surface area contributed by atoms with Crippen molar-refractivity contribution in [2.75, 3.05) is 0 Å². The number of amides is 2. The van der Waals surface area contributed by atoms with Crippen molar-refractivity contribution in [2.24, 2.45) is 0 Å². The van der Waals surface area contributed by atoms with Crippen molar-refractivity contribution < 1.29 is 9.59 Å². The van der Waals surface area contributed by atoms with E-state index in [-0.39, 0.29) is 24.4 Å². The molecular formula is C29H32ClN3O2. The molecule has 2 aromatic carbocycles. The van der Waals surface area contributed by atoms with Gasteiger partial charge < -0.3 is 14.8 Å². The van der Waals surface area contributed by atoms with Gasteiger partial charge in [-0.15, -0.1) is 0 Å². The van der Waals surface area contributed by atoms with Crippen LogP contribution in [-0.2, 0) is 17.9 Å². The number of rotatable bonds is 5. The molecule has 2 heterocycles. The van der Waals surface area contributed by atoms with E-state index in [9.17, 15) is 9.59 Å². The topological polar surface area (TPSA) is 54.3 Å². The molecule has 1 fully saturated rings. The molecule has 6 heteroatoms. The number of aromatic nitrogens is 1. The maximum Gasteiger partial charge on any atom is 0.271 e. The first-order chi connectivity index (χ1) is 17.0. The van der Waals surface area contributed by atoms with Crippen molar-refractivity contribution in [3.8, 4) is 11.3 Å². The van der Waals surface area contributed by atoms with E-state index in [1.807, 2.05) is 78.2 Å². The zero-order valence-corrected chi connectivity index (χ0v) is 20.9.